The predicted octanol–water partition coefficient (Wildman–Crippen LogP) is 1.75. The maximum Gasteiger partial charge on any atom is 0.254 e. The van der Waals surface area contributed by atoms with E-state index in [2.05, 4.69) is 20.5 Å². The van der Waals surface area contributed by atoms with Crippen molar-refractivity contribution in [3.8, 4) is 0 Å². The van der Waals surface area contributed by atoms with Crippen LogP contribution in [0.25, 0.3) is 0 Å². The average molecular weight is 274 g/mol. The molecule has 1 amide bonds. The van der Waals surface area contributed by atoms with Gasteiger partial charge in [-0.15, -0.1) is 0 Å². The summed E-state index contributed by atoms with van der Waals surface area (Å²) in [5, 5.41) is 10.1. The minimum atomic E-state index is -0.112. The van der Waals surface area contributed by atoms with Gasteiger partial charge in [-0.2, -0.15) is 5.10 Å². The maximum absolute atomic E-state index is 12.2. The number of H-pyrrole nitrogens is 2. The Labute approximate surface area is 115 Å². The second kappa shape index (κ2) is 4.97. The fourth-order valence-corrected chi connectivity index (χ4v) is 2.63. The quantitative estimate of drug-likeness (QED) is 0.730. The number of nitrogens with zero attached hydrogens (tertiary/aromatic N) is 1. The monoisotopic (exact) mass is 274 g/mol. The van der Waals surface area contributed by atoms with Crippen LogP contribution in [0.2, 0.25) is 0 Å². The van der Waals surface area contributed by atoms with E-state index in [9.17, 15) is 4.79 Å². The first-order valence-corrected chi connectivity index (χ1v) is 6.64. The minimum Gasteiger partial charge on any atom is -0.352 e. The average Bonchev–Trinajstić information content (AvgIpc) is 2.86. The van der Waals surface area contributed by atoms with E-state index < -0.39 is 0 Å². The van der Waals surface area contributed by atoms with Crippen molar-refractivity contribution in [1.82, 2.24) is 20.5 Å². The van der Waals surface area contributed by atoms with E-state index in [1.54, 1.807) is 18.3 Å². The van der Waals surface area contributed by atoms with Crippen LogP contribution in [0.3, 0.4) is 0 Å². The summed E-state index contributed by atoms with van der Waals surface area (Å²) in [5.41, 5.74) is 2.90. The molecule has 0 radical (unpaired) electrons. The second-order valence-electron chi connectivity index (χ2n) is 4.70. The molecular weight excluding hydrogens is 260 g/mol. The van der Waals surface area contributed by atoms with E-state index in [4.69, 9.17) is 12.2 Å². The molecule has 0 aromatic carbocycles. The van der Waals surface area contributed by atoms with Crippen molar-refractivity contribution in [2.75, 3.05) is 0 Å². The highest BCUT2D eigenvalue weighted by molar-refractivity contribution is 7.71. The first-order valence-electron chi connectivity index (χ1n) is 6.24. The van der Waals surface area contributed by atoms with Gasteiger partial charge in [-0.05, 0) is 37.0 Å². The van der Waals surface area contributed by atoms with Crippen LogP contribution in [0.1, 0.15) is 28.0 Å². The zero-order valence-corrected chi connectivity index (χ0v) is 11.1. The van der Waals surface area contributed by atoms with E-state index in [0.717, 1.165) is 19.3 Å². The minimum absolute atomic E-state index is 0.112. The molecule has 0 fully saturated rings. The highest BCUT2D eigenvalue weighted by Gasteiger charge is 2.22. The third-order valence-corrected chi connectivity index (χ3v) is 3.75. The molecular formula is C13H14N4OS. The van der Waals surface area contributed by atoms with Crippen molar-refractivity contribution in [2.45, 2.75) is 25.3 Å². The number of pyridine rings is 1. The van der Waals surface area contributed by atoms with Crippen LogP contribution >= 0.6 is 12.2 Å². The summed E-state index contributed by atoms with van der Waals surface area (Å²) in [6, 6.07) is 3.66. The lowest BCUT2D eigenvalue weighted by atomic mass is 9.93. The standard InChI is InChI=1S/C13H14N4OS/c18-12(10-2-1-5-14-13(10)19)16-9-3-4-11-8(6-9)7-15-17-11/h1-2,5,7,9H,3-4,6H2,(H,14,19)(H,15,17)(H,16,18). The topological polar surface area (TPSA) is 73.6 Å². The summed E-state index contributed by atoms with van der Waals surface area (Å²) >= 11 is 5.11. The Hall–Kier alpha value is -1.95. The molecule has 0 saturated carbocycles. The molecule has 2 aromatic rings. The molecule has 5 nitrogen and oxygen atoms in total. The molecule has 1 unspecified atom stereocenters. The van der Waals surface area contributed by atoms with E-state index in [1.165, 1.54) is 11.3 Å². The van der Waals surface area contributed by atoms with E-state index in [0.29, 0.717) is 10.2 Å². The fraction of sp³-hybridized carbons (Fsp3) is 0.308. The molecule has 6 heteroatoms. The van der Waals surface area contributed by atoms with Gasteiger partial charge < -0.3 is 10.3 Å². The summed E-state index contributed by atoms with van der Waals surface area (Å²) in [4.78, 5) is 15.0. The van der Waals surface area contributed by atoms with Crippen LogP contribution in [-0.4, -0.2) is 27.1 Å². The lowest BCUT2D eigenvalue weighted by Gasteiger charge is -2.22. The number of carbonyl (C=O) groups excluding carboxylic acids is 1. The molecule has 19 heavy (non-hydrogen) atoms. The third kappa shape index (κ3) is 2.44. The second-order valence-corrected chi connectivity index (χ2v) is 5.11. The fourth-order valence-electron chi connectivity index (χ4n) is 2.40. The summed E-state index contributed by atoms with van der Waals surface area (Å²) in [7, 11) is 0. The van der Waals surface area contributed by atoms with Crippen LogP contribution < -0.4 is 5.32 Å². The van der Waals surface area contributed by atoms with Crippen LogP contribution in [0.4, 0.5) is 0 Å². The van der Waals surface area contributed by atoms with Gasteiger partial charge in [0, 0.05) is 17.9 Å². The van der Waals surface area contributed by atoms with Crippen molar-refractivity contribution in [3.05, 3.63) is 46.0 Å². The van der Waals surface area contributed by atoms with Gasteiger partial charge in [-0.25, -0.2) is 0 Å². The molecule has 3 N–H and O–H groups in total. The zero-order chi connectivity index (χ0) is 13.2. The summed E-state index contributed by atoms with van der Waals surface area (Å²) in [6.07, 6.45) is 6.22. The number of hydrogen-bond donors (Lipinski definition) is 3. The summed E-state index contributed by atoms with van der Waals surface area (Å²) in [6.45, 7) is 0. The Morgan fingerprint density at radius 3 is 3.26 bits per heavy atom. The number of aromatic nitrogens is 3. The highest BCUT2D eigenvalue weighted by atomic mass is 32.1. The molecule has 2 aromatic heterocycles. The van der Waals surface area contributed by atoms with Gasteiger partial charge in [0.25, 0.3) is 5.91 Å². The Balaban J connectivity index is 1.72. The number of carbonyl (C=O) groups is 1. The number of hydrogen-bond acceptors (Lipinski definition) is 3. The molecule has 1 atom stereocenters. The highest BCUT2D eigenvalue weighted by Crippen LogP contribution is 2.19. The third-order valence-electron chi connectivity index (χ3n) is 3.41. The number of rotatable bonds is 2. The molecule has 2 heterocycles. The zero-order valence-electron chi connectivity index (χ0n) is 10.3. The Morgan fingerprint density at radius 1 is 1.53 bits per heavy atom. The molecule has 3 rings (SSSR count). The molecule has 0 spiro atoms. The van der Waals surface area contributed by atoms with Crippen molar-refractivity contribution < 1.29 is 4.79 Å². The molecule has 98 valence electrons. The smallest absolute Gasteiger partial charge is 0.254 e. The van der Waals surface area contributed by atoms with Crippen LogP contribution in [0, 0.1) is 4.64 Å². The summed E-state index contributed by atoms with van der Waals surface area (Å²) in [5.74, 6) is -0.112. The summed E-state index contributed by atoms with van der Waals surface area (Å²) < 4.78 is 0.472. The Kier molecular flexibility index (Phi) is 3.16. The van der Waals surface area contributed by atoms with Crippen molar-refractivity contribution in [2.24, 2.45) is 0 Å². The number of nitrogens with one attached hydrogen (secondary N) is 3. The van der Waals surface area contributed by atoms with Crippen molar-refractivity contribution in [3.63, 3.8) is 0 Å². The predicted molar refractivity (Wildman–Crippen MR) is 73.5 cm³/mol. The molecule has 1 aliphatic rings. The first-order chi connectivity index (χ1) is 9.24. The molecule has 0 saturated heterocycles. The van der Waals surface area contributed by atoms with Gasteiger partial charge in [0.15, 0.2) is 0 Å². The van der Waals surface area contributed by atoms with Crippen LogP contribution in [-0.2, 0) is 12.8 Å². The largest absolute Gasteiger partial charge is 0.352 e. The van der Waals surface area contributed by atoms with Crippen LogP contribution in [0.15, 0.2) is 24.5 Å². The Morgan fingerprint density at radius 2 is 2.42 bits per heavy atom. The SMILES string of the molecule is O=C(NC1CCc2[nH]ncc2C1)c1ccc[nH]c1=S. The lowest BCUT2D eigenvalue weighted by molar-refractivity contribution is 0.0932. The van der Waals surface area contributed by atoms with Gasteiger partial charge in [0.1, 0.15) is 4.64 Å². The number of amides is 1. The van der Waals surface area contributed by atoms with E-state index in [1.807, 2.05) is 6.20 Å². The molecule has 0 bridgehead atoms. The van der Waals surface area contributed by atoms with Gasteiger partial charge in [-0.1, -0.05) is 12.2 Å². The number of aromatic amines is 2. The van der Waals surface area contributed by atoms with Gasteiger partial charge in [-0.3, -0.25) is 9.89 Å². The van der Waals surface area contributed by atoms with Crippen LogP contribution in [0.5, 0.6) is 0 Å². The molecule has 0 aliphatic heterocycles. The van der Waals surface area contributed by atoms with E-state index in [-0.39, 0.29) is 11.9 Å². The first kappa shape index (κ1) is 12.1. The normalized spacial score (nSPS) is 17.8. The van der Waals surface area contributed by atoms with E-state index >= 15 is 0 Å². The van der Waals surface area contributed by atoms with Crippen molar-refractivity contribution >= 4 is 18.1 Å². The van der Waals surface area contributed by atoms with Gasteiger partial charge in [0.2, 0.25) is 0 Å². The molecule has 1 aliphatic carbocycles. The Bertz CT molecular complexity index is 660. The van der Waals surface area contributed by atoms with Gasteiger partial charge in [0.05, 0.1) is 11.8 Å². The lowest BCUT2D eigenvalue weighted by Crippen LogP contribution is -2.38. The number of aryl methyl sites for hydroxylation is 1. The maximum atomic E-state index is 12.2. The van der Waals surface area contributed by atoms with Crippen molar-refractivity contribution in [1.29, 1.82) is 0 Å². The number of fused-ring (bicyclic) bond motifs is 1. The van der Waals surface area contributed by atoms with Gasteiger partial charge >= 0.3 is 0 Å².